The molecule has 118 valence electrons. The summed E-state index contributed by atoms with van der Waals surface area (Å²) < 4.78 is 5.49. The van der Waals surface area contributed by atoms with Crippen LogP contribution in [0.2, 0.25) is 0 Å². The molecule has 1 unspecified atom stereocenters. The van der Waals surface area contributed by atoms with Crippen LogP contribution in [0.3, 0.4) is 0 Å². The van der Waals surface area contributed by atoms with Gasteiger partial charge in [-0.3, -0.25) is 0 Å². The van der Waals surface area contributed by atoms with Crippen molar-refractivity contribution in [2.24, 2.45) is 0 Å². The van der Waals surface area contributed by atoms with Gasteiger partial charge in [-0.15, -0.1) is 0 Å². The third-order valence-electron chi connectivity index (χ3n) is 4.17. The molecule has 1 aromatic heterocycles. The Morgan fingerprint density at radius 1 is 1.38 bits per heavy atom. The molecule has 21 heavy (non-hydrogen) atoms. The SMILES string of the molecule is CCOc1ncnc(NCCCN2CCCCC2C)c1C. The van der Waals surface area contributed by atoms with E-state index >= 15 is 0 Å². The molecular weight excluding hydrogens is 264 g/mol. The molecule has 0 amide bonds. The van der Waals surface area contributed by atoms with Crippen molar-refractivity contribution in [3.8, 4) is 5.88 Å². The predicted molar refractivity (Wildman–Crippen MR) is 85.9 cm³/mol. The predicted octanol–water partition coefficient (Wildman–Crippen LogP) is 2.86. The van der Waals surface area contributed by atoms with Crippen molar-refractivity contribution in [2.45, 2.75) is 52.5 Å². The maximum atomic E-state index is 5.49. The molecule has 0 bridgehead atoms. The minimum absolute atomic E-state index is 0.629. The highest BCUT2D eigenvalue weighted by atomic mass is 16.5. The van der Waals surface area contributed by atoms with Gasteiger partial charge in [-0.05, 0) is 46.6 Å². The number of rotatable bonds is 7. The van der Waals surface area contributed by atoms with Crippen LogP contribution in [0.15, 0.2) is 6.33 Å². The molecule has 1 saturated heterocycles. The fourth-order valence-electron chi connectivity index (χ4n) is 2.87. The lowest BCUT2D eigenvalue weighted by molar-refractivity contribution is 0.160. The van der Waals surface area contributed by atoms with E-state index in [1.807, 2.05) is 13.8 Å². The van der Waals surface area contributed by atoms with Gasteiger partial charge in [0.25, 0.3) is 0 Å². The first-order valence-corrected chi connectivity index (χ1v) is 8.14. The molecule has 1 fully saturated rings. The highest BCUT2D eigenvalue weighted by molar-refractivity contribution is 5.47. The van der Waals surface area contributed by atoms with Crippen molar-refractivity contribution in [1.29, 1.82) is 0 Å². The molecule has 1 N–H and O–H groups in total. The fraction of sp³-hybridized carbons (Fsp3) is 0.750. The Bertz CT molecular complexity index is 438. The number of piperidine rings is 1. The van der Waals surface area contributed by atoms with Gasteiger partial charge in [0.15, 0.2) is 0 Å². The van der Waals surface area contributed by atoms with Gasteiger partial charge >= 0.3 is 0 Å². The molecule has 5 heteroatoms. The van der Waals surface area contributed by atoms with Crippen LogP contribution in [0.5, 0.6) is 5.88 Å². The first-order chi connectivity index (χ1) is 10.2. The van der Waals surface area contributed by atoms with E-state index in [2.05, 4.69) is 27.1 Å². The summed E-state index contributed by atoms with van der Waals surface area (Å²) in [6.45, 7) is 10.3. The van der Waals surface area contributed by atoms with Crippen molar-refractivity contribution in [2.75, 3.05) is 31.6 Å². The van der Waals surface area contributed by atoms with E-state index in [1.54, 1.807) is 6.33 Å². The van der Waals surface area contributed by atoms with Crippen LogP contribution in [0.4, 0.5) is 5.82 Å². The highest BCUT2D eigenvalue weighted by Gasteiger charge is 2.17. The number of ether oxygens (including phenoxy) is 1. The monoisotopic (exact) mass is 292 g/mol. The van der Waals surface area contributed by atoms with Crippen molar-refractivity contribution in [1.82, 2.24) is 14.9 Å². The van der Waals surface area contributed by atoms with E-state index in [9.17, 15) is 0 Å². The van der Waals surface area contributed by atoms with Crippen LogP contribution in [-0.4, -0.2) is 47.2 Å². The molecular formula is C16H28N4O. The second-order valence-electron chi connectivity index (χ2n) is 5.75. The Morgan fingerprint density at radius 3 is 3.00 bits per heavy atom. The van der Waals surface area contributed by atoms with E-state index in [1.165, 1.54) is 25.8 Å². The van der Waals surface area contributed by atoms with Crippen molar-refractivity contribution < 1.29 is 4.74 Å². The van der Waals surface area contributed by atoms with Gasteiger partial charge < -0.3 is 15.0 Å². The molecule has 5 nitrogen and oxygen atoms in total. The van der Waals surface area contributed by atoms with Crippen LogP contribution in [-0.2, 0) is 0 Å². The highest BCUT2D eigenvalue weighted by Crippen LogP contribution is 2.20. The second-order valence-corrected chi connectivity index (χ2v) is 5.75. The summed E-state index contributed by atoms with van der Waals surface area (Å²) in [5.74, 6) is 1.57. The topological polar surface area (TPSA) is 50.3 Å². The Labute approximate surface area is 128 Å². The number of hydrogen-bond donors (Lipinski definition) is 1. The van der Waals surface area contributed by atoms with Gasteiger partial charge in [0, 0.05) is 19.1 Å². The maximum Gasteiger partial charge on any atom is 0.221 e. The van der Waals surface area contributed by atoms with Crippen LogP contribution < -0.4 is 10.1 Å². The van der Waals surface area contributed by atoms with Crippen LogP contribution in [0.1, 0.15) is 45.1 Å². The lowest BCUT2D eigenvalue weighted by Crippen LogP contribution is -2.38. The first kappa shape index (κ1) is 16.0. The van der Waals surface area contributed by atoms with Gasteiger partial charge in [0.1, 0.15) is 12.1 Å². The molecule has 0 spiro atoms. The third kappa shape index (κ3) is 4.56. The van der Waals surface area contributed by atoms with Crippen molar-refractivity contribution in [3.05, 3.63) is 11.9 Å². The molecule has 0 radical (unpaired) electrons. The normalized spacial score (nSPS) is 19.5. The minimum atomic E-state index is 0.629. The number of hydrogen-bond acceptors (Lipinski definition) is 5. The van der Waals surface area contributed by atoms with Gasteiger partial charge in [-0.1, -0.05) is 6.42 Å². The quantitative estimate of drug-likeness (QED) is 0.783. The minimum Gasteiger partial charge on any atom is -0.478 e. The summed E-state index contributed by atoms with van der Waals surface area (Å²) in [6, 6.07) is 0.740. The zero-order chi connectivity index (χ0) is 15.1. The summed E-state index contributed by atoms with van der Waals surface area (Å²) in [5, 5.41) is 3.41. The average molecular weight is 292 g/mol. The Balaban J connectivity index is 1.77. The maximum absolute atomic E-state index is 5.49. The van der Waals surface area contributed by atoms with E-state index < -0.39 is 0 Å². The molecule has 2 heterocycles. The lowest BCUT2D eigenvalue weighted by atomic mass is 10.0. The zero-order valence-electron chi connectivity index (χ0n) is 13.6. The third-order valence-corrected chi connectivity index (χ3v) is 4.17. The number of anilines is 1. The van der Waals surface area contributed by atoms with Gasteiger partial charge in [-0.25, -0.2) is 9.97 Å². The standard InChI is InChI=1S/C16H28N4O/c1-4-21-16-14(3)15(18-12-19-16)17-9-7-11-20-10-6-5-8-13(20)2/h12-13H,4-11H2,1-3H3,(H,17,18,19). The molecule has 2 rings (SSSR count). The zero-order valence-corrected chi connectivity index (χ0v) is 13.6. The summed E-state index contributed by atoms with van der Waals surface area (Å²) in [5.41, 5.74) is 0.991. The smallest absolute Gasteiger partial charge is 0.221 e. The summed E-state index contributed by atoms with van der Waals surface area (Å²) in [4.78, 5) is 11.1. The summed E-state index contributed by atoms with van der Waals surface area (Å²) in [6.07, 6.45) is 6.78. The molecule has 1 atom stereocenters. The van der Waals surface area contributed by atoms with Crippen molar-refractivity contribution >= 4 is 5.82 Å². The van der Waals surface area contributed by atoms with Gasteiger partial charge in [-0.2, -0.15) is 0 Å². The average Bonchev–Trinajstić information content (AvgIpc) is 2.49. The summed E-state index contributed by atoms with van der Waals surface area (Å²) in [7, 11) is 0. The van der Waals surface area contributed by atoms with Gasteiger partial charge in [0.05, 0.1) is 12.2 Å². The number of nitrogens with one attached hydrogen (secondary N) is 1. The Kier molecular flexibility index (Phi) is 6.23. The largest absolute Gasteiger partial charge is 0.478 e. The van der Waals surface area contributed by atoms with Crippen LogP contribution in [0, 0.1) is 6.92 Å². The molecule has 1 aromatic rings. The summed E-state index contributed by atoms with van der Waals surface area (Å²) >= 11 is 0. The van der Waals surface area contributed by atoms with Crippen LogP contribution >= 0.6 is 0 Å². The number of nitrogens with zero attached hydrogens (tertiary/aromatic N) is 3. The van der Waals surface area contributed by atoms with E-state index in [4.69, 9.17) is 4.74 Å². The lowest BCUT2D eigenvalue weighted by Gasteiger charge is -2.33. The van der Waals surface area contributed by atoms with Gasteiger partial charge in [0.2, 0.25) is 5.88 Å². The van der Waals surface area contributed by atoms with E-state index in [0.717, 1.165) is 36.9 Å². The molecule has 0 aromatic carbocycles. The van der Waals surface area contributed by atoms with Crippen LogP contribution in [0.25, 0.3) is 0 Å². The fourth-order valence-corrected chi connectivity index (χ4v) is 2.87. The van der Waals surface area contributed by atoms with E-state index in [0.29, 0.717) is 12.5 Å². The second kappa shape index (κ2) is 8.17. The molecule has 1 aliphatic heterocycles. The van der Waals surface area contributed by atoms with E-state index in [-0.39, 0.29) is 0 Å². The van der Waals surface area contributed by atoms with Crippen molar-refractivity contribution in [3.63, 3.8) is 0 Å². The number of aromatic nitrogens is 2. The molecule has 0 saturated carbocycles. The Morgan fingerprint density at radius 2 is 2.24 bits per heavy atom. The number of likely N-dealkylation sites (tertiary alicyclic amines) is 1. The molecule has 1 aliphatic rings. The Hall–Kier alpha value is -1.36. The molecule has 0 aliphatic carbocycles. The first-order valence-electron chi connectivity index (χ1n) is 8.14.